The molecule has 1 aliphatic rings. The molecule has 0 unspecified atom stereocenters. The number of hydrogen-bond acceptors (Lipinski definition) is 6. The average molecular weight is 483 g/mol. The Morgan fingerprint density at radius 3 is 2.26 bits per heavy atom. The summed E-state index contributed by atoms with van der Waals surface area (Å²) in [7, 11) is 3.11. The van der Waals surface area contributed by atoms with E-state index in [-0.39, 0.29) is 17.8 Å². The third-order valence-corrected chi connectivity index (χ3v) is 5.78. The Hall–Kier alpha value is -4.08. The summed E-state index contributed by atoms with van der Waals surface area (Å²) in [5.74, 6) is 0.527. The zero-order valence-electron chi connectivity index (χ0n) is 19.9. The van der Waals surface area contributed by atoms with Crippen molar-refractivity contribution in [3.8, 4) is 28.4 Å². The Kier molecular flexibility index (Phi) is 7.19. The summed E-state index contributed by atoms with van der Waals surface area (Å²) in [5, 5.41) is 4.67. The molecule has 2 amide bonds. The fourth-order valence-electron chi connectivity index (χ4n) is 3.92. The third-order valence-electron chi connectivity index (χ3n) is 5.78. The molecule has 1 aromatic heterocycles. The van der Waals surface area contributed by atoms with Crippen LogP contribution in [0.25, 0.3) is 16.9 Å². The smallest absolute Gasteiger partial charge is 0.409 e. The van der Waals surface area contributed by atoms with Crippen LogP contribution in [0.2, 0.25) is 0 Å². The lowest BCUT2D eigenvalue weighted by Gasteiger charge is -2.34. The quantitative estimate of drug-likeness (QED) is 0.534. The lowest BCUT2D eigenvalue weighted by atomic mass is 10.1. The highest BCUT2D eigenvalue weighted by atomic mass is 19.1. The molecule has 0 N–H and O–H groups in total. The summed E-state index contributed by atoms with van der Waals surface area (Å²) < 4.78 is 30.9. The van der Waals surface area contributed by atoms with Crippen LogP contribution in [0.5, 0.6) is 11.5 Å². The third kappa shape index (κ3) is 5.06. The molecule has 1 aliphatic heterocycles. The summed E-state index contributed by atoms with van der Waals surface area (Å²) in [4.78, 5) is 28.8. The largest absolute Gasteiger partial charge is 0.497 e. The van der Waals surface area contributed by atoms with Crippen LogP contribution in [-0.4, -0.2) is 78.6 Å². The first-order chi connectivity index (χ1) is 16.9. The van der Waals surface area contributed by atoms with E-state index in [1.807, 2.05) is 0 Å². The SMILES string of the molecule is CCOC(=O)N1CCN(C(=O)c2cc(-c3ccc(OC)cc3OC)nn2-c2ccc(F)cc2)CC1. The van der Waals surface area contributed by atoms with Gasteiger partial charge in [-0.3, -0.25) is 4.79 Å². The second-order valence-corrected chi connectivity index (χ2v) is 7.85. The van der Waals surface area contributed by atoms with Crippen molar-refractivity contribution in [1.29, 1.82) is 0 Å². The zero-order valence-corrected chi connectivity index (χ0v) is 19.9. The van der Waals surface area contributed by atoms with Gasteiger partial charge in [-0.1, -0.05) is 0 Å². The number of nitrogens with zero attached hydrogens (tertiary/aromatic N) is 4. The van der Waals surface area contributed by atoms with Gasteiger partial charge in [0.1, 0.15) is 23.0 Å². The van der Waals surface area contributed by atoms with E-state index in [2.05, 4.69) is 5.10 Å². The molecule has 4 rings (SSSR count). The maximum Gasteiger partial charge on any atom is 0.409 e. The average Bonchev–Trinajstić information content (AvgIpc) is 3.33. The standard InChI is InChI=1S/C25H27FN4O5/c1-4-35-25(32)29-13-11-28(12-14-29)24(31)22-16-21(20-10-9-19(33-2)15-23(20)34-3)27-30(22)18-7-5-17(26)6-8-18/h5-10,15-16H,4,11-14H2,1-3H3. The number of amides is 2. The van der Waals surface area contributed by atoms with E-state index >= 15 is 0 Å². The second kappa shape index (κ2) is 10.5. The Balaban J connectivity index is 1.68. The molecule has 184 valence electrons. The monoisotopic (exact) mass is 482 g/mol. The number of aromatic nitrogens is 2. The van der Waals surface area contributed by atoms with Crippen molar-refractivity contribution < 1.29 is 28.2 Å². The number of methoxy groups -OCH3 is 2. The van der Waals surface area contributed by atoms with E-state index in [1.54, 1.807) is 67.3 Å². The van der Waals surface area contributed by atoms with E-state index in [0.717, 1.165) is 0 Å². The van der Waals surface area contributed by atoms with Crippen molar-refractivity contribution in [1.82, 2.24) is 19.6 Å². The van der Waals surface area contributed by atoms with Crippen LogP contribution < -0.4 is 9.47 Å². The first kappa shape index (κ1) is 24.1. The fraction of sp³-hybridized carbons (Fsp3) is 0.320. The van der Waals surface area contributed by atoms with Crippen molar-refractivity contribution >= 4 is 12.0 Å². The molecular formula is C25H27FN4O5. The highest BCUT2D eigenvalue weighted by Gasteiger charge is 2.29. The molecule has 0 radical (unpaired) electrons. The van der Waals surface area contributed by atoms with E-state index in [9.17, 15) is 14.0 Å². The molecule has 1 saturated heterocycles. The van der Waals surface area contributed by atoms with Gasteiger partial charge in [0, 0.05) is 37.8 Å². The van der Waals surface area contributed by atoms with Gasteiger partial charge in [0.05, 0.1) is 32.2 Å². The summed E-state index contributed by atoms with van der Waals surface area (Å²) in [6.45, 7) is 3.50. The van der Waals surface area contributed by atoms with Gasteiger partial charge in [-0.25, -0.2) is 13.9 Å². The van der Waals surface area contributed by atoms with Gasteiger partial charge < -0.3 is 24.0 Å². The predicted molar refractivity (Wildman–Crippen MR) is 127 cm³/mol. The topological polar surface area (TPSA) is 86.1 Å². The number of hydrogen-bond donors (Lipinski definition) is 0. The van der Waals surface area contributed by atoms with E-state index in [4.69, 9.17) is 14.2 Å². The minimum Gasteiger partial charge on any atom is -0.497 e. The number of rotatable bonds is 6. The first-order valence-electron chi connectivity index (χ1n) is 11.2. The van der Waals surface area contributed by atoms with Gasteiger partial charge in [0.2, 0.25) is 0 Å². The second-order valence-electron chi connectivity index (χ2n) is 7.85. The molecule has 10 heteroatoms. The number of piperazine rings is 1. The molecule has 9 nitrogen and oxygen atoms in total. The lowest BCUT2D eigenvalue weighted by molar-refractivity contribution is 0.0563. The van der Waals surface area contributed by atoms with Crippen molar-refractivity contribution in [2.45, 2.75) is 6.92 Å². The predicted octanol–water partition coefficient (Wildman–Crippen LogP) is 3.61. The number of benzene rings is 2. The van der Waals surface area contributed by atoms with Gasteiger partial charge in [-0.2, -0.15) is 5.10 Å². The highest BCUT2D eigenvalue weighted by molar-refractivity contribution is 5.95. The summed E-state index contributed by atoms with van der Waals surface area (Å²) in [6, 6.07) is 12.8. The summed E-state index contributed by atoms with van der Waals surface area (Å²) in [5.41, 5.74) is 2.05. The summed E-state index contributed by atoms with van der Waals surface area (Å²) in [6.07, 6.45) is -0.384. The van der Waals surface area contributed by atoms with E-state index in [0.29, 0.717) is 66.9 Å². The Morgan fingerprint density at radius 2 is 1.63 bits per heavy atom. The van der Waals surface area contributed by atoms with Gasteiger partial charge in [0.25, 0.3) is 5.91 Å². The van der Waals surface area contributed by atoms with E-state index in [1.165, 1.54) is 16.8 Å². The molecule has 3 aromatic rings. The van der Waals surface area contributed by atoms with Gasteiger partial charge in [0.15, 0.2) is 0 Å². The van der Waals surface area contributed by atoms with Gasteiger partial charge in [-0.05, 0) is 49.4 Å². The van der Waals surface area contributed by atoms with Gasteiger partial charge in [-0.15, -0.1) is 0 Å². The van der Waals surface area contributed by atoms with Crippen molar-refractivity contribution in [2.24, 2.45) is 0 Å². The molecule has 1 fully saturated rings. The molecule has 0 aliphatic carbocycles. The summed E-state index contributed by atoms with van der Waals surface area (Å²) >= 11 is 0. The molecule has 0 spiro atoms. The minimum absolute atomic E-state index is 0.246. The maximum atomic E-state index is 13.6. The number of carbonyl (C=O) groups is 2. The number of ether oxygens (including phenoxy) is 3. The fourth-order valence-corrected chi connectivity index (χ4v) is 3.92. The molecular weight excluding hydrogens is 455 g/mol. The van der Waals surface area contributed by atoms with Crippen LogP contribution >= 0.6 is 0 Å². The Labute approximate surface area is 202 Å². The molecule has 0 bridgehead atoms. The molecule has 2 heterocycles. The van der Waals surface area contributed by atoms with Crippen LogP contribution in [-0.2, 0) is 4.74 Å². The number of carbonyl (C=O) groups excluding carboxylic acids is 2. The van der Waals surface area contributed by atoms with Crippen LogP contribution in [0.15, 0.2) is 48.5 Å². The number of halogens is 1. The molecule has 0 atom stereocenters. The van der Waals surface area contributed by atoms with Crippen LogP contribution in [0.3, 0.4) is 0 Å². The lowest BCUT2D eigenvalue weighted by Crippen LogP contribution is -2.51. The maximum absolute atomic E-state index is 13.6. The Morgan fingerprint density at radius 1 is 0.943 bits per heavy atom. The molecule has 0 saturated carbocycles. The Bertz CT molecular complexity index is 1200. The normalized spacial score (nSPS) is 13.5. The van der Waals surface area contributed by atoms with Crippen LogP contribution in [0, 0.1) is 5.82 Å². The van der Waals surface area contributed by atoms with Crippen LogP contribution in [0.4, 0.5) is 9.18 Å². The first-order valence-corrected chi connectivity index (χ1v) is 11.2. The molecule has 2 aromatic carbocycles. The molecule has 35 heavy (non-hydrogen) atoms. The van der Waals surface area contributed by atoms with Crippen molar-refractivity contribution in [2.75, 3.05) is 47.0 Å². The van der Waals surface area contributed by atoms with Gasteiger partial charge >= 0.3 is 6.09 Å². The minimum atomic E-state index is -0.388. The van der Waals surface area contributed by atoms with Crippen molar-refractivity contribution in [3.05, 3.63) is 60.0 Å². The van der Waals surface area contributed by atoms with Crippen molar-refractivity contribution in [3.63, 3.8) is 0 Å². The zero-order chi connectivity index (χ0) is 24.9. The van der Waals surface area contributed by atoms with E-state index < -0.39 is 0 Å². The highest BCUT2D eigenvalue weighted by Crippen LogP contribution is 2.34. The van der Waals surface area contributed by atoms with Crippen LogP contribution in [0.1, 0.15) is 17.4 Å².